The van der Waals surface area contributed by atoms with Crippen LogP contribution in [0.3, 0.4) is 0 Å². The van der Waals surface area contributed by atoms with Gasteiger partial charge in [0, 0.05) is 4.28 Å². The SMILES string of the molecule is Cc1ccc2nc(-c3nc(Oc4ccc(C(=O)O)cc4)cnc3N)[nH]c2c1.[HH].[HH].[HH]. The van der Waals surface area contributed by atoms with Crippen molar-refractivity contribution in [2.45, 2.75) is 6.92 Å². The van der Waals surface area contributed by atoms with E-state index in [-0.39, 0.29) is 21.5 Å². The quantitative estimate of drug-likeness (QED) is 0.494. The number of anilines is 1. The summed E-state index contributed by atoms with van der Waals surface area (Å²) < 4.78 is 5.66. The van der Waals surface area contributed by atoms with Gasteiger partial charge in [-0.05, 0) is 48.9 Å². The number of aryl methyl sites for hydroxylation is 1. The molecule has 27 heavy (non-hydrogen) atoms. The molecule has 8 heteroatoms. The molecular weight excluding hydrogens is 346 g/mol. The van der Waals surface area contributed by atoms with Crippen molar-refractivity contribution in [1.82, 2.24) is 19.9 Å². The van der Waals surface area contributed by atoms with Crippen molar-refractivity contribution in [3.8, 4) is 23.1 Å². The second-order valence-electron chi connectivity index (χ2n) is 5.98. The van der Waals surface area contributed by atoms with E-state index in [0.29, 0.717) is 17.3 Å². The van der Waals surface area contributed by atoms with Crippen molar-refractivity contribution in [2.75, 3.05) is 5.73 Å². The van der Waals surface area contributed by atoms with Crippen molar-refractivity contribution in [3.63, 3.8) is 0 Å². The second-order valence-corrected chi connectivity index (χ2v) is 5.98. The molecule has 0 aliphatic rings. The zero-order valence-electron chi connectivity index (χ0n) is 14.3. The molecule has 0 aliphatic carbocycles. The number of nitrogen functional groups attached to an aromatic ring is 1. The number of nitrogens with zero attached hydrogens (tertiary/aromatic N) is 3. The van der Waals surface area contributed by atoms with Crippen LogP contribution in [0.25, 0.3) is 22.6 Å². The Hall–Kier alpha value is -3.94. The average Bonchev–Trinajstić information content (AvgIpc) is 3.06. The van der Waals surface area contributed by atoms with Crippen molar-refractivity contribution < 1.29 is 18.9 Å². The molecule has 0 amide bonds. The van der Waals surface area contributed by atoms with Crippen LogP contribution in [-0.2, 0) is 0 Å². The topological polar surface area (TPSA) is 127 Å². The van der Waals surface area contributed by atoms with Gasteiger partial charge in [-0.15, -0.1) is 0 Å². The fraction of sp³-hybridized carbons (Fsp3) is 0.0526. The Balaban J connectivity index is 0.00000150. The van der Waals surface area contributed by atoms with Gasteiger partial charge in [-0.1, -0.05) is 6.07 Å². The number of aromatic carboxylic acids is 1. The standard InChI is InChI=1S/C19H15N5O3.3H2/c1-10-2-7-13-14(8-10)23-18(22-13)16-17(20)21-9-15(24-16)27-12-5-3-11(4-6-12)19(25)26;;;/h2-9H,1H3,(H2,20,21)(H,22,23)(H,25,26);3*1H. The molecule has 4 rings (SSSR count). The normalized spacial score (nSPS) is 10.9. The number of nitrogens with one attached hydrogen (secondary N) is 1. The van der Waals surface area contributed by atoms with Crippen LogP contribution in [0.5, 0.6) is 11.6 Å². The van der Waals surface area contributed by atoms with Crippen LogP contribution >= 0.6 is 0 Å². The van der Waals surface area contributed by atoms with Crippen LogP contribution in [0.1, 0.15) is 20.2 Å². The monoisotopic (exact) mass is 367 g/mol. The van der Waals surface area contributed by atoms with E-state index in [1.807, 2.05) is 25.1 Å². The average molecular weight is 367 g/mol. The molecule has 4 aromatic rings. The first-order valence-electron chi connectivity index (χ1n) is 8.10. The van der Waals surface area contributed by atoms with E-state index in [1.54, 1.807) is 12.1 Å². The van der Waals surface area contributed by atoms with Crippen LogP contribution in [0.2, 0.25) is 0 Å². The van der Waals surface area contributed by atoms with E-state index >= 15 is 0 Å². The summed E-state index contributed by atoms with van der Waals surface area (Å²) in [5, 5.41) is 8.95. The molecule has 0 radical (unpaired) electrons. The third kappa shape index (κ3) is 3.28. The molecule has 0 saturated carbocycles. The molecule has 2 aromatic heterocycles. The lowest BCUT2D eigenvalue weighted by Gasteiger charge is -2.07. The van der Waals surface area contributed by atoms with E-state index < -0.39 is 5.97 Å². The third-order valence-electron chi connectivity index (χ3n) is 3.96. The number of rotatable bonds is 4. The molecule has 0 bridgehead atoms. The number of fused-ring (bicyclic) bond motifs is 1. The summed E-state index contributed by atoms with van der Waals surface area (Å²) in [4.78, 5) is 27.1. The van der Waals surface area contributed by atoms with Crippen LogP contribution in [0.15, 0.2) is 48.7 Å². The largest absolute Gasteiger partial charge is 0.478 e. The number of hydrogen-bond acceptors (Lipinski definition) is 6. The summed E-state index contributed by atoms with van der Waals surface area (Å²) in [5.74, 6) is 0.368. The maximum absolute atomic E-state index is 10.9. The highest BCUT2D eigenvalue weighted by Crippen LogP contribution is 2.27. The van der Waals surface area contributed by atoms with Gasteiger partial charge in [0.1, 0.15) is 5.75 Å². The highest BCUT2D eigenvalue weighted by Gasteiger charge is 2.14. The van der Waals surface area contributed by atoms with E-state index in [0.717, 1.165) is 16.6 Å². The van der Waals surface area contributed by atoms with Crippen LogP contribution in [-0.4, -0.2) is 31.0 Å². The lowest BCUT2D eigenvalue weighted by Crippen LogP contribution is -2.00. The maximum Gasteiger partial charge on any atom is 0.335 e. The first kappa shape index (κ1) is 16.5. The molecular formula is C19H21N5O3. The number of hydrogen-bond donors (Lipinski definition) is 3. The maximum atomic E-state index is 10.9. The smallest absolute Gasteiger partial charge is 0.335 e. The summed E-state index contributed by atoms with van der Waals surface area (Å²) in [6, 6.07) is 11.9. The minimum atomic E-state index is -1.00. The third-order valence-corrected chi connectivity index (χ3v) is 3.96. The van der Waals surface area contributed by atoms with Crippen LogP contribution < -0.4 is 10.5 Å². The zero-order chi connectivity index (χ0) is 19.0. The van der Waals surface area contributed by atoms with Crippen molar-refractivity contribution in [2.24, 2.45) is 0 Å². The van der Waals surface area contributed by atoms with Gasteiger partial charge in [0.25, 0.3) is 0 Å². The molecule has 140 valence electrons. The number of nitrogens with two attached hydrogens (primary N) is 1. The molecule has 2 heterocycles. The summed E-state index contributed by atoms with van der Waals surface area (Å²) >= 11 is 0. The van der Waals surface area contributed by atoms with Gasteiger partial charge in [0.2, 0.25) is 5.88 Å². The number of carboxylic acid groups (broad SMARTS) is 1. The Kier molecular flexibility index (Phi) is 3.92. The summed E-state index contributed by atoms with van der Waals surface area (Å²) in [6.45, 7) is 2.00. The molecule has 0 aliphatic heterocycles. The Morgan fingerprint density at radius 3 is 2.70 bits per heavy atom. The van der Waals surface area contributed by atoms with Crippen molar-refractivity contribution >= 4 is 22.8 Å². The van der Waals surface area contributed by atoms with Crippen LogP contribution in [0.4, 0.5) is 5.82 Å². The highest BCUT2D eigenvalue weighted by atomic mass is 16.5. The molecule has 0 atom stereocenters. The number of imidazole rings is 1. The van der Waals surface area contributed by atoms with E-state index in [2.05, 4.69) is 19.9 Å². The summed E-state index contributed by atoms with van der Waals surface area (Å²) in [6.07, 6.45) is 1.40. The van der Waals surface area contributed by atoms with E-state index in [1.165, 1.54) is 18.3 Å². The van der Waals surface area contributed by atoms with Crippen LogP contribution in [0, 0.1) is 6.92 Å². The molecule has 0 fully saturated rings. The minimum Gasteiger partial charge on any atom is -0.478 e. The zero-order valence-corrected chi connectivity index (χ0v) is 14.3. The Labute approximate surface area is 158 Å². The number of carbonyl (C=O) groups is 1. The Morgan fingerprint density at radius 2 is 1.96 bits per heavy atom. The predicted octanol–water partition coefficient (Wildman–Crippen LogP) is 4.14. The molecule has 0 saturated heterocycles. The number of aromatic amines is 1. The molecule has 0 unspecified atom stereocenters. The summed E-state index contributed by atoms with van der Waals surface area (Å²) in [5.41, 5.74) is 9.30. The van der Waals surface area contributed by atoms with Gasteiger partial charge in [-0.2, -0.15) is 0 Å². The van der Waals surface area contributed by atoms with Gasteiger partial charge in [0.15, 0.2) is 17.3 Å². The van der Waals surface area contributed by atoms with Gasteiger partial charge in [-0.25, -0.2) is 19.7 Å². The van der Waals surface area contributed by atoms with E-state index in [4.69, 9.17) is 15.6 Å². The molecule has 0 spiro atoms. The lowest BCUT2D eigenvalue weighted by molar-refractivity contribution is 0.0697. The molecule has 4 N–H and O–H groups in total. The number of benzene rings is 2. The van der Waals surface area contributed by atoms with Gasteiger partial charge < -0.3 is 20.6 Å². The van der Waals surface area contributed by atoms with Crippen molar-refractivity contribution in [1.29, 1.82) is 0 Å². The minimum absolute atomic E-state index is 0. The predicted molar refractivity (Wildman–Crippen MR) is 106 cm³/mol. The van der Waals surface area contributed by atoms with Crippen molar-refractivity contribution in [3.05, 3.63) is 59.8 Å². The Morgan fingerprint density at radius 1 is 1.19 bits per heavy atom. The Bertz CT molecular complexity index is 1170. The second kappa shape index (κ2) is 6.41. The first-order chi connectivity index (χ1) is 13.0. The first-order valence-corrected chi connectivity index (χ1v) is 8.10. The fourth-order valence-electron chi connectivity index (χ4n) is 2.63. The molecule has 2 aromatic carbocycles. The van der Waals surface area contributed by atoms with Gasteiger partial charge in [0.05, 0.1) is 22.8 Å². The number of aromatic nitrogens is 4. The number of ether oxygens (including phenoxy) is 1. The number of H-pyrrole nitrogens is 1. The fourth-order valence-corrected chi connectivity index (χ4v) is 2.63. The van der Waals surface area contributed by atoms with E-state index in [9.17, 15) is 4.79 Å². The molecule has 8 nitrogen and oxygen atoms in total. The number of carboxylic acids is 1. The van der Waals surface area contributed by atoms with Gasteiger partial charge in [-0.3, -0.25) is 0 Å². The van der Waals surface area contributed by atoms with Gasteiger partial charge >= 0.3 is 5.97 Å². The summed E-state index contributed by atoms with van der Waals surface area (Å²) in [7, 11) is 0. The highest BCUT2D eigenvalue weighted by molar-refractivity contribution is 5.87. The lowest BCUT2D eigenvalue weighted by atomic mass is 10.2.